The maximum absolute atomic E-state index is 14.0. The minimum absolute atomic E-state index is 0.0272. The van der Waals surface area contributed by atoms with Crippen LogP contribution in [0, 0.1) is 23.5 Å². The molecule has 4 atom stereocenters. The van der Waals surface area contributed by atoms with Crippen LogP contribution in [0.5, 0.6) is 5.75 Å². The monoisotopic (exact) mass is 564 g/mol. The Morgan fingerprint density at radius 3 is 2.82 bits per heavy atom. The van der Waals surface area contributed by atoms with Gasteiger partial charge < -0.3 is 19.9 Å². The van der Waals surface area contributed by atoms with Crippen LogP contribution in [0.4, 0.5) is 8.78 Å². The van der Waals surface area contributed by atoms with Crippen molar-refractivity contribution in [3.05, 3.63) is 64.8 Å². The number of aliphatic hydroxyl groups excluding tert-OH is 1. The summed E-state index contributed by atoms with van der Waals surface area (Å²) in [7, 11) is 2.94. The largest absolute Gasteiger partial charge is 0.497 e. The van der Waals surface area contributed by atoms with Gasteiger partial charge in [-0.15, -0.1) is 11.8 Å². The van der Waals surface area contributed by atoms with Crippen molar-refractivity contribution in [3.63, 3.8) is 0 Å². The normalized spacial score (nSPS) is 20.3. The molecule has 0 radical (unpaired) electrons. The smallest absolute Gasteiger partial charge is 0.310 e. The number of carbonyl (C=O) groups is 1. The van der Waals surface area contributed by atoms with Crippen molar-refractivity contribution in [2.24, 2.45) is 11.8 Å². The Hall–Kier alpha value is -2.46. The van der Waals surface area contributed by atoms with Crippen LogP contribution in [0.25, 0.3) is 10.9 Å². The molecule has 3 aromatic rings. The quantitative estimate of drug-likeness (QED) is 0.233. The van der Waals surface area contributed by atoms with E-state index in [2.05, 4.69) is 10.3 Å². The van der Waals surface area contributed by atoms with Gasteiger partial charge in [-0.3, -0.25) is 9.78 Å². The second kappa shape index (κ2) is 13.1. The van der Waals surface area contributed by atoms with E-state index < -0.39 is 23.7 Å². The highest BCUT2D eigenvalue weighted by Crippen LogP contribution is 2.38. The molecule has 38 heavy (non-hydrogen) atoms. The Kier molecular flexibility index (Phi) is 9.81. The minimum Gasteiger partial charge on any atom is -0.497 e. The van der Waals surface area contributed by atoms with E-state index in [0.29, 0.717) is 53.4 Å². The summed E-state index contributed by atoms with van der Waals surface area (Å²) in [4.78, 5) is 17.4. The zero-order valence-electron chi connectivity index (χ0n) is 21.3. The van der Waals surface area contributed by atoms with Gasteiger partial charge in [0.05, 0.1) is 36.8 Å². The number of hydrogen-bond acceptors (Lipinski definition) is 7. The number of piperidine rings is 1. The summed E-state index contributed by atoms with van der Waals surface area (Å²) in [6.07, 6.45) is 2.95. The molecule has 2 N–H and O–H groups in total. The van der Waals surface area contributed by atoms with Crippen molar-refractivity contribution >= 4 is 40.2 Å². The van der Waals surface area contributed by atoms with E-state index >= 15 is 0 Å². The lowest BCUT2D eigenvalue weighted by Crippen LogP contribution is -2.50. The first-order chi connectivity index (χ1) is 18.3. The van der Waals surface area contributed by atoms with Crippen molar-refractivity contribution in [1.82, 2.24) is 10.3 Å². The van der Waals surface area contributed by atoms with Crippen LogP contribution in [0.1, 0.15) is 37.4 Å². The fourth-order valence-electron chi connectivity index (χ4n) is 5.22. The number of rotatable bonds is 10. The molecule has 4 unspecified atom stereocenters. The summed E-state index contributed by atoms with van der Waals surface area (Å²) in [5.41, 5.74) is 1.29. The van der Waals surface area contributed by atoms with Gasteiger partial charge in [0.1, 0.15) is 17.4 Å². The number of pyridine rings is 1. The van der Waals surface area contributed by atoms with Gasteiger partial charge in [-0.1, -0.05) is 11.6 Å². The van der Waals surface area contributed by atoms with E-state index in [1.165, 1.54) is 31.1 Å². The first-order valence-electron chi connectivity index (χ1n) is 12.5. The number of halogens is 3. The van der Waals surface area contributed by atoms with Gasteiger partial charge in [-0.2, -0.15) is 0 Å². The molecule has 0 spiro atoms. The van der Waals surface area contributed by atoms with E-state index in [1.54, 1.807) is 13.2 Å². The second-order valence-corrected chi connectivity index (χ2v) is 10.9. The van der Waals surface area contributed by atoms with Crippen molar-refractivity contribution < 1.29 is 28.2 Å². The fraction of sp³-hybridized carbons (Fsp3) is 0.429. The molecular formula is C28H31ClF2N2O4S. The summed E-state index contributed by atoms with van der Waals surface area (Å²) in [5.74, 6) is -0.593. The van der Waals surface area contributed by atoms with Gasteiger partial charge in [0.25, 0.3) is 0 Å². The third kappa shape index (κ3) is 6.57. The molecule has 1 saturated heterocycles. The first kappa shape index (κ1) is 28.5. The van der Waals surface area contributed by atoms with Crippen molar-refractivity contribution in [2.75, 3.05) is 26.5 Å². The molecule has 10 heteroatoms. The molecule has 1 aliphatic rings. The van der Waals surface area contributed by atoms with Crippen LogP contribution in [0.2, 0.25) is 5.02 Å². The van der Waals surface area contributed by atoms with Crippen LogP contribution < -0.4 is 10.1 Å². The van der Waals surface area contributed by atoms with E-state index in [4.69, 9.17) is 21.1 Å². The zero-order chi connectivity index (χ0) is 27.2. The van der Waals surface area contributed by atoms with Crippen LogP contribution in [0.15, 0.2) is 47.5 Å². The van der Waals surface area contributed by atoms with E-state index in [0.717, 1.165) is 23.9 Å². The predicted molar refractivity (Wildman–Crippen MR) is 145 cm³/mol. The summed E-state index contributed by atoms with van der Waals surface area (Å²) in [5, 5.41) is 15.7. The first-order valence-corrected chi connectivity index (χ1v) is 13.9. The number of nitrogens with zero attached hydrogens (tertiary/aromatic N) is 1. The Morgan fingerprint density at radius 1 is 1.24 bits per heavy atom. The molecule has 4 rings (SSSR count). The topological polar surface area (TPSA) is 80.7 Å². The lowest BCUT2D eigenvalue weighted by molar-refractivity contribution is -0.150. The van der Waals surface area contributed by atoms with Crippen molar-refractivity contribution in [3.8, 4) is 5.75 Å². The number of methoxy groups -OCH3 is 2. The molecule has 0 bridgehead atoms. The van der Waals surface area contributed by atoms with Gasteiger partial charge in [0.2, 0.25) is 0 Å². The van der Waals surface area contributed by atoms with Crippen LogP contribution in [0.3, 0.4) is 0 Å². The summed E-state index contributed by atoms with van der Waals surface area (Å²) >= 11 is 7.69. The van der Waals surface area contributed by atoms with Gasteiger partial charge in [0, 0.05) is 28.1 Å². The number of fused-ring (bicyclic) bond motifs is 1. The Morgan fingerprint density at radius 2 is 2.05 bits per heavy atom. The number of aromatic nitrogens is 1. The Labute approximate surface area is 230 Å². The molecule has 204 valence electrons. The Balaban J connectivity index is 1.45. The molecule has 1 aliphatic heterocycles. The number of thioether (sulfide) groups is 1. The van der Waals surface area contributed by atoms with E-state index in [1.807, 2.05) is 12.1 Å². The lowest BCUT2D eigenvalue weighted by Gasteiger charge is -2.37. The number of nitrogens with one attached hydrogen (secondary N) is 1. The summed E-state index contributed by atoms with van der Waals surface area (Å²) in [6.45, 7) is 0.702. The summed E-state index contributed by atoms with van der Waals surface area (Å²) < 4.78 is 38.0. The van der Waals surface area contributed by atoms with Crippen LogP contribution in [-0.4, -0.2) is 48.6 Å². The lowest BCUT2D eigenvalue weighted by atomic mass is 9.76. The average Bonchev–Trinajstić information content (AvgIpc) is 2.92. The minimum atomic E-state index is -0.863. The maximum Gasteiger partial charge on any atom is 0.310 e. The number of benzene rings is 2. The molecule has 6 nitrogen and oxygen atoms in total. The van der Waals surface area contributed by atoms with Crippen molar-refractivity contribution in [1.29, 1.82) is 0 Å². The molecule has 1 fully saturated rings. The molecule has 0 saturated carbocycles. The second-order valence-electron chi connectivity index (χ2n) is 9.37. The fourth-order valence-corrected chi connectivity index (χ4v) is 6.49. The highest BCUT2D eigenvalue weighted by atomic mass is 35.5. The molecule has 1 aromatic heterocycles. The van der Waals surface area contributed by atoms with Crippen LogP contribution >= 0.6 is 23.4 Å². The van der Waals surface area contributed by atoms with E-state index in [-0.39, 0.29) is 22.8 Å². The zero-order valence-corrected chi connectivity index (χ0v) is 22.8. The van der Waals surface area contributed by atoms with E-state index in [9.17, 15) is 18.7 Å². The highest BCUT2D eigenvalue weighted by Gasteiger charge is 2.39. The number of ether oxygens (including phenoxy) is 2. The predicted octanol–water partition coefficient (Wildman–Crippen LogP) is 5.94. The van der Waals surface area contributed by atoms with Gasteiger partial charge in [-0.25, -0.2) is 8.78 Å². The SMILES string of the molecule is COC(=O)C1C(CCC(O)c2c(Cl)cnc3ccc(OC)cc23)CCNC1CCSc1cc(F)ccc1F. The standard InChI is InChI=1S/C28H31ClF2N2O4S/c1-36-18-5-7-22-19(14-18)27(20(29)15-33-22)24(34)8-3-16-9-11-32-23(26(16)28(35)37-2)10-12-38-25-13-17(30)4-6-21(25)31/h4-7,13-16,23-24,26,32,34H,3,8-12H2,1-2H3. The van der Waals surface area contributed by atoms with Gasteiger partial charge >= 0.3 is 5.97 Å². The third-order valence-electron chi connectivity index (χ3n) is 7.13. The number of carbonyl (C=O) groups excluding carboxylic acids is 1. The third-order valence-corrected chi connectivity index (χ3v) is 8.49. The molecule has 2 aromatic carbocycles. The van der Waals surface area contributed by atoms with Gasteiger partial charge in [-0.05, 0) is 80.3 Å². The van der Waals surface area contributed by atoms with Gasteiger partial charge in [0.15, 0.2) is 0 Å². The molecular weight excluding hydrogens is 534 g/mol. The maximum atomic E-state index is 14.0. The number of aliphatic hydroxyl groups is 1. The van der Waals surface area contributed by atoms with Crippen molar-refractivity contribution in [2.45, 2.75) is 42.7 Å². The number of esters is 1. The highest BCUT2D eigenvalue weighted by molar-refractivity contribution is 7.99. The molecule has 0 amide bonds. The summed E-state index contributed by atoms with van der Waals surface area (Å²) in [6, 6.07) is 8.63. The molecule has 2 heterocycles. The Bertz CT molecular complexity index is 1280. The number of hydrogen-bond donors (Lipinski definition) is 2. The average molecular weight is 565 g/mol. The van der Waals surface area contributed by atoms with Crippen LogP contribution in [-0.2, 0) is 9.53 Å². The molecule has 0 aliphatic carbocycles.